The first-order valence-corrected chi connectivity index (χ1v) is 6.44. The van der Waals surface area contributed by atoms with Gasteiger partial charge < -0.3 is 5.11 Å². The van der Waals surface area contributed by atoms with Gasteiger partial charge >= 0.3 is 12.1 Å². The number of hydrogen-bond acceptors (Lipinski definition) is 4. The van der Waals surface area contributed by atoms with Crippen LogP contribution in [0.4, 0.5) is 18.9 Å². The molecule has 1 N–H and O–H groups in total. The second-order valence-corrected chi connectivity index (χ2v) is 5.17. The van der Waals surface area contributed by atoms with Crippen molar-refractivity contribution in [2.24, 2.45) is 11.8 Å². The molecule has 0 bridgehead atoms. The second-order valence-electron chi connectivity index (χ2n) is 5.17. The number of nitro benzene ring substituents is 1. The third-order valence-corrected chi connectivity index (χ3v) is 3.72. The molecule has 1 aromatic carbocycles. The summed E-state index contributed by atoms with van der Waals surface area (Å²) in [5.74, 6) is -5.03. The van der Waals surface area contributed by atoms with Crippen molar-refractivity contribution in [1.82, 2.24) is 4.90 Å². The van der Waals surface area contributed by atoms with Crippen molar-refractivity contribution in [1.29, 1.82) is 0 Å². The second kappa shape index (κ2) is 7.14. The van der Waals surface area contributed by atoms with Crippen molar-refractivity contribution in [3.63, 3.8) is 0 Å². The molecule has 23 heavy (non-hydrogen) atoms. The highest BCUT2D eigenvalue weighted by Crippen LogP contribution is 2.38. The Morgan fingerprint density at radius 3 is 2.43 bits per heavy atom. The molecule has 1 aliphatic rings. The van der Waals surface area contributed by atoms with E-state index in [2.05, 4.69) is 0 Å². The minimum atomic E-state index is -4.61. The third-order valence-electron chi connectivity index (χ3n) is 3.72. The fourth-order valence-electron chi connectivity index (χ4n) is 2.66. The Morgan fingerprint density at radius 2 is 1.96 bits per heavy atom. The van der Waals surface area contributed by atoms with Crippen molar-refractivity contribution >= 4 is 24.1 Å². The zero-order valence-electron chi connectivity index (χ0n) is 11.7. The number of aliphatic carboxylic acids is 1. The van der Waals surface area contributed by atoms with Gasteiger partial charge in [-0.25, -0.2) is 0 Å². The van der Waals surface area contributed by atoms with Gasteiger partial charge in [-0.05, 0) is 0 Å². The number of alkyl halides is 3. The molecule has 0 saturated carbocycles. The summed E-state index contributed by atoms with van der Waals surface area (Å²) < 4.78 is 38.7. The lowest BCUT2D eigenvalue weighted by Gasteiger charge is -2.18. The summed E-state index contributed by atoms with van der Waals surface area (Å²) in [5.41, 5.74) is 0.0734. The molecule has 2 rings (SSSR count). The minimum absolute atomic E-state index is 0. The average molecular weight is 355 g/mol. The summed E-state index contributed by atoms with van der Waals surface area (Å²) in [5, 5.41) is 19.8. The number of rotatable bonds is 4. The largest absolute Gasteiger partial charge is 0.481 e. The molecule has 0 radical (unpaired) electrons. The maximum Gasteiger partial charge on any atom is 0.393 e. The van der Waals surface area contributed by atoms with Crippen LogP contribution >= 0.6 is 12.4 Å². The number of nitrogens with zero attached hydrogens (tertiary/aromatic N) is 2. The van der Waals surface area contributed by atoms with Gasteiger partial charge in [0.2, 0.25) is 0 Å². The van der Waals surface area contributed by atoms with Gasteiger partial charge in [-0.2, -0.15) is 13.2 Å². The monoisotopic (exact) mass is 354 g/mol. The van der Waals surface area contributed by atoms with Crippen LogP contribution in [0.15, 0.2) is 24.3 Å². The molecular formula is C13H14ClF3N2O4. The first kappa shape index (κ1) is 19.2. The molecule has 1 heterocycles. The van der Waals surface area contributed by atoms with Crippen LogP contribution in [0.1, 0.15) is 5.56 Å². The van der Waals surface area contributed by atoms with Crippen molar-refractivity contribution in [2.75, 3.05) is 13.1 Å². The summed E-state index contributed by atoms with van der Waals surface area (Å²) in [6.45, 7) is -0.856. The van der Waals surface area contributed by atoms with Crippen molar-refractivity contribution in [3.05, 3.63) is 39.9 Å². The summed E-state index contributed by atoms with van der Waals surface area (Å²) in [6, 6.07) is 5.73. The zero-order chi connectivity index (χ0) is 16.5. The van der Waals surface area contributed by atoms with E-state index < -0.39 is 35.4 Å². The predicted molar refractivity (Wildman–Crippen MR) is 76.3 cm³/mol. The average Bonchev–Trinajstić information content (AvgIpc) is 2.83. The normalized spacial score (nSPS) is 21.7. The van der Waals surface area contributed by atoms with Gasteiger partial charge in [0.25, 0.3) is 5.69 Å². The van der Waals surface area contributed by atoms with Crippen molar-refractivity contribution in [3.8, 4) is 0 Å². The number of hydrogen-bond donors (Lipinski definition) is 1. The highest BCUT2D eigenvalue weighted by atomic mass is 35.5. The van der Waals surface area contributed by atoms with Gasteiger partial charge in [0.15, 0.2) is 0 Å². The van der Waals surface area contributed by atoms with E-state index in [9.17, 15) is 28.1 Å². The van der Waals surface area contributed by atoms with Crippen LogP contribution in [0, 0.1) is 22.0 Å². The van der Waals surface area contributed by atoms with E-state index in [-0.39, 0.29) is 36.7 Å². The Morgan fingerprint density at radius 1 is 1.35 bits per heavy atom. The SMILES string of the molecule is Cl.O=C(O)[C@@H]1CN(Cc2ccccc2[N+](=O)[O-])C[C@H]1C(F)(F)F. The maximum atomic E-state index is 12.9. The Balaban J connectivity index is 0.00000264. The zero-order valence-corrected chi connectivity index (χ0v) is 12.5. The molecule has 0 spiro atoms. The van der Waals surface area contributed by atoms with E-state index in [0.29, 0.717) is 0 Å². The highest BCUT2D eigenvalue weighted by molar-refractivity contribution is 5.85. The number of carboxylic acids is 1. The molecule has 0 unspecified atom stereocenters. The fraction of sp³-hybridized carbons (Fsp3) is 0.462. The molecule has 1 aliphatic heterocycles. The number of likely N-dealkylation sites (tertiary alicyclic amines) is 1. The molecule has 0 amide bonds. The lowest BCUT2D eigenvalue weighted by molar-refractivity contribution is -0.385. The van der Waals surface area contributed by atoms with E-state index in [4.69, 9.17) is 5.11 Å². The molecule has 1 aromatic rings. The van der Waals surface area contributed by atoms with Gasteiger partial charge in [-0.15, -0.1) is 12.4 Å². The van der Waals surface area contributed by atoms with Crippen LogP contribution in [-0.2, 0) is 11.3 Å². The van der Waals surface area contributed by atoms with Gasteiger partial charge in [-0.3, -0.25) is 19.8 Å². The van der Waals surface area contributed by atoms with Gasteiger partial charge in [0, 0.05) is 31.3 Å². The topological polar surface area (TPSA) is 83.7 Å². The number of carbonyl (C=O) groups is 1. The maximum absolute atomic E-state index is 12.9. The van der Waals surface area contributed by atoms with Gasteiger partial charge in [0.1, 0.15) is 0 Å². The van der Waals surface area contributed by atoms with E-state index >= 15 is 0 Å². The van der Waals surface area contributed by atoms with Crippen LogP contribution in [-0.4, -0.2) is 40.2 Å². The lowest BCUT2D eigenvalue weighted by Crippen LogP contribution is -2.33. The number of para-hydroxylation sites is 1. The Hall–Kier alpha value is -1.87. The number of halogens is 4. The standard InChI is InChI=1S/C13H13F3N2O4.ClH/c14-13(15,16)10-7-17(6-9(10)12(19)20)5-8-3-1-2-4-11(8)18(21)22;/h1-4,9-10H,5-7H2,(H,19,20);1H/t9-,10-;/m1./s1. The van der Waals surface area contributed by atoms with Gasteiger partial charge in [-0.1, -0.05) is 18.2 Å². The molecule has 1 saturated heterocycles. The van der Waals surface area contributed by atoms with Gasteiger partial charge in [0.05, 0.1) is 16.8 Å². The summed E-state index contributed by atoms with van der Waals surface area (Å²) in [4.78, 5) is 22.6. The van der Waals surface area contributed by atoms with Crippen LogP contribution in [0.3, 0.4) is 0 Å². The molecule has 128 valence electrons. The smallest absolute Gasteiger partial charge is 0.393 e. The number of carboxylic acid groups (broad SMARTS) is 1. The Kier molecular flexibility index (Phi) is 5.95. The lowest BCUT2D eigenvalue weighted by atomic mass is 9.96. The summed E-state index contributed by atoms with van der Waals surface area (Å²) in [6.07, 6.45) is -4.61. The highest BCUT2D eigenvalue weighted by Gasteiger charge is 2.52. The van der Waals surface area contributed by atoms with E-state index in [1.54, 1.807) is 6.07 Å². The molecule has 6 nitrogen and oxygen atoms in total. The Bertz CT molecular complexity index is 597. The molecule has 1 fully saturated rings. The molecule has 0 aliphatic carbocycles. The summed E-state index contributed by atoms with van der Waals surface area (Å²) in [7, 11) is 0. The van der Waals surface area contributed by atoms with E-state index in [1.165, 1.54) is 23.1 Å². The Labute approximate surface area is 135 Å². The van der Waals surface area contributed by atoms with Crippen molar-refractivity contribution < 1.29 is 28.0 Å². The number of benzene rings is 1. The first-order valence-electron chi connectivity index (χ1n) is 6.44. The van der Waals surface area contributed by atoms with E-state index in [0.717, 1.165) is 0 Å². The molecule has 10 heteroatoms. The quantitative estimate of drug-likeness (QED) is 0.664. The van der Waals surface area contributed by atoms with E-state index in [1.807, 2.05) is 0 Å². The van der Waals surface area contributed by atoms with Crippen LogP contribution < -0.4 is 0 Å². The number of nitro groups is 1. The minimum Gasteiger partial charge on any atom is -0.481 e. The predicted octanol–water partition coefficient (Wildman–Crippen LogP) is 2.71. The molecule has 0 aromatic heterocycles. The van der Waals surface area contributed by atoms with Crippen LogP contribution in [0.25, 0.3) is 0 Å². The summed E-state index contributed by atoms with van der Waals surface area (Å²) >= 11 is 0. The fourth-order valence-corrected chi connectivity index (χ4v) is 2.66. The van der Waals surface area contributed by atoms with Crippen LogP contribution in [0.5, 0.6) is 0 Å². The van der Waals surface area contributed by atoms with Crippen LogP contribution in [0.2, 0.25) is 0 Å². The first-order chi connectivity index (χ1) is 10.2. The molecule has 2 atom stereocenters. The third kappa shape index (κ3) is 4.32. The van der Waals surface area contributed by atoms with Crippen molar-refractivity contribution in [2.45, 2.75) is 12.7 Å². The molecular weight excluding hydrogens is 341 g/mol.